The molecule has 0 atom stereocenters. The van der Waals surface area contributed by atoms with Gasteiger partial charge in [0.05, 0.1) is 56.7 Å². The Balaban J connectivity index is 1.29. The predicted molar refractivity (Wildman–Crippen MR) is 291 cm³/mol. The van der Waals surface area contributed by atoms with E-state index in [1.54, 1.807) is 0 Å². The third kappa shape index (κ3) is 6.25. The molecule has 4 heterocycles. The molecule has 0 aliphatic carbocycles. The Labute approximate surface area is 408 Å². The number of nitrogens with zero attached hydrogens (tertiary/aromatic N) is 7. The zero-order chi connectivity index (χ0) is 47.0. The SMILES string of the molecule is [C-]#[N+]c1ccc(-c2c(-c3nc(-c4ccccc4)nc(-c4ccccc4)n3)cc(-n3c4ccccc4c4ccccc43)c(-n3c4ccccc4c4ccccc43)c2-n2c3ccccc3c3ccccc32)cc1. The van der Waals surface area contributed by atoms with Crippen molar-refractivity contribution in [2.45, 2.75) is 0 Å². The number of hydrogen-bond donors (Lipinski definition) is 0. The average molecular weight is 906 g/mol. The van der Waals surface area contributed by atoms with Crippen LogP contribution in [-0.4, -0.2) is 28.7 Å². The van der Waals surface area contributed by atoms with Gasteiger partial charge >= 0.3 is 0 Å². The molecule has 14 rings (SSSR count). The van der Waals surface area contributed by atoms with Crippen LogP contribution in [0.5, 0.6) is 0 Å². The molecule has 0 aliphatic rings. The zero-order valence-electron chi connectivity index (χ0n) is 38.1. The van der Waals surface area contributed by atoms with E-state index in [4.69, 9.17) is 21.5 Å². The summed E-state index contributed by atoms with van der Waals surface area (Å²) in [5.41, 5.74) is 14.1. The molecule has 0 radical (unpaired) electrons. The van der Waals surface area contributed by atoms with Gasteiger partial charge in [-0.1, -0.05) is 194 Å². The molecule has 7 nitrogen and oxygen atoms in total. The summed E-state index contributed by atoms with van der Waals surface area (Å²) < 4.78 is 7.37. The molecule has 14 aromatic rings. The Morgan fingerprint density at radius 3 is 1.04 bits per heavy atom. The van der Waals surface area contributed by atoms with Crippen molar-refractivity contribution in [1.29, 1.82) is 0 Å². The smallest absolute Gasteiger partial charge is 0.187 e. The fraction of sp³-hybridized carbons (Fsp3) is 0. The van der Waals surface area contributed by atoms with E-state index in [1.807, 2.05) is 48.5 Å². The highest BCUT2D eigenvalue weighted by Gasteiger charge is 2.31. The van der Waals surface area contributed by atoms with Gasteiger partial charge in [-0.2, -0.15) is 0 Å². The van der Waals surface area contributed by atoms with Gasteiger partial charge in [0.15, 0.2) is 23.2 Å². The molecule has 0 saturated carbocycles. The lowest BCUT2D eigenvalue weighted by atomic mass is 9.93. The van der Waals surface area contributed by atoms with E-state index in [2.05, 4.69) is 207 Å². The third-order valence-corrected chi connectivity index (χ3v) is 13.9. The van der Waals surface area contributed by atoms with Crippen LogP contribution in [0.2, 0.25) is 0 Å². The lowest BCUT2D eigenvalue weighted by Gasteiger charge is -2.27. The van der Waals surface area contributed by atoms with Crippen LogP contribution in [0.1, 0.15) is 0 Å². The van der Waals surface area contributed by atoms with Crippen LogP contribution in [0.3, 0.4) is 0 Å². The third-order valence-electron chi connectivity index (χ3n) is 13.9. The van der Waals surface area contributed by atoms with Gasteiger partial charge in [-0.15, -0.1) is 0 Å². The van der Waals surface area contributed by atoms with E-state index in [9.17, 15) is 0 Å². The van der Waals surface area contributed by atoms with Crippen LogP contribution in [-0.2, 0) is 0 Å². The minimum absolute atomic E-state index is 0.514. The quantitative estimate of drug-likeness (QED) is 0.150. The Hall–Kier alpha value is -9.90. The molecule has 330 valence electrons. The summed E-state index contributed by atoms with van der Waals surface area (Å²) in [7, 11) is 0. The van der Waals surface area contributed by atoms with E-state index in [0.29, 0.717) is 23.2 Å². The van der Waals surface area contributed by atoms with Crippen molar-refractivity contribution in [3.05, 3.63) is 248 Å². The Morgan fingerprint density at radius 2 is 0.648 bits per heavy atom. The van der Waals surface area contributed by atoms with E-state index in [0.717, 1.165) is 110 Å². The molecule has 0 spiro atoms. The van der Waals surface area contributed by atoms with E-state index in [1.165, 1.54) is 0 Å². The lowest BCUT2D eigenvalue weighted by Crippen LogP contribution is -2.13. The van der Waals surface area contributed by atoms with Gasteiger partial charge in [-0.25, -0.2) is 19.8 Å². The van der Waals surface area contributed by atoms with Crippen molar-refractivity contribution in [3.8, 4) is 62.4 Å². The molecule has 0 N–H and O–H groups in total. The van der Waals surface area contributed by atoms with E-state index >= 15 is 0 Å². The first-order valence-corrected chi connectivity index (χ1v) is 23.7. The minimum atomic E-state index is 0.514. The Kier molecular flexibility index (Phi) is 9.13. The molecule has 0 fully saturated rings. The number of fused-ring (bicyclic) bond motifs is 9. The fourth-order valence-corrected chi connectivity index (χ4v) is 10.9. The van der Waals surface area contributed by atoms with Gasteiger partial charge < -0.3 is 13.7 Å². The van der Waals surface area contributed by atoms with Crippen LogP contribution >= 0.6 is 0 Å². The van der Waals surface area contributed by atoms with Gasteiger partial charge in [0.1, 0.15) is 0 Å². The van der Waals surface area contributed by atoms with Crippen LogP contribution < -0.4 is 0 Å². The van der Waals surface area contributed by atoms with Crippen LogP contribution in [0.15, 0.2) is 237 Å². The summed E-state index contributed by atoms with van der Waals surface area (Å²) in [5.74, 6) is 1.64. The van der Waals surface area contributed by atoms with E-state index < -0.39 is 0 Å². The molecule has 4 aromatic heterocycles. The monoisotopic (exact) mass is 905 g/mol. The molecule has 0 unspecified atom stereocenters. The second-order valence-electron chi connectivity index (χ2n) is 17.8. The van der Waals surface area contributed by atoms with Crippen LogP contribution in [0.4, 0.5) is 5.69 Å². The summed E-state index contributed by atoms with van der Waals surface area (Å²) in [4.78, 5) is 20.1. The van der Waals surface area contributed by atoms with Crippen molar-refractivity contribution in [2.75, 3.05) is 0 Å². The first kappa shape index (κ1) is 40.2. The van der Waals surface area contributed by atoms with Gasteiger partial charge in [-0.05, 0) is 48.0 Å². The number of para-hydroxylation sites is 6. The summed E-state index contributed by atoms with van der Waals surface area (Å²) in [6, 6.07) is 82.9. The Bertz CT molecular complexity index is 4240. The first-order valence-electron chi connectivity index (χ1n) is 23.7. The molecule has 0 bridgehead atoms. The van der Waals surface area contributed by atoms with Gasteiger partial charge in [0.2, 0.25) is 0 Å². The van der Waals surface area contributed by atoms with Crippen LogP contribution in [0, 0.1) is 6.57 Å². The number of hydrogen-bond acceptors (Lipinski definition) is 3. The summed E-state index contributed by atoms with van der Waals surface area (Å²) in [6.45, 7) is 8.05. The van der Waals surface area contributed by atoms with Crippen molar-refractivity contribution in [3.63, 3.8) is 0 Å². The summed E-state index contributed by atoms with van der Waals surface area (Å²) in [5, 5.41) is 6.85. The highest BCUT2D eigenvalue weighted by molar-refractivity contribution is 6.15. The molecule has 0 amide bonds. The normalized spacial score (nSPS) is 11.6. The predicted octanol–water partition coefficient (Wildman–Crippen LogP) is 16.4. The van der Waals surface area contributed by atoms with Gasteiger partial charge in [0.25, 0.3) is 0 Å². The summed E-state index contributed by atoms with van der Waals surface area (Å²) >= 11 is 0. The standard InChI is InChI=1S/C64H39N7/c1-65-44-38-36-41(37-39-44)59-51(64-67-62(42-20-4-2-5-21-42)66-63(68-64)43-22-6-3-7-23-43)40-58(69-52-30-14-8-24-45(52)46-25-9-15-31-53(46)69)60(70-54-32-16-10-26-47(54)48-27-11-17-33-55(48)70)61(59)71-56-34-18-12-28-49(56)50-29-13-19-35-57(50)71/h2-40H. The van der Waals surface area contributed by atoms with E-state index in [-0.39, 0.29) is 0 Å². The highest BCUT2D eigenvalue weighted by atomic mass is 15.1. The highest BCUT2D eigenvalue weighted by Crippen LogP contribution is 2.50. The molecule has 0 saturated heterocycles. The minimum Gasteiger partial charge on any atom is -0.307 e. The second-order valence-corrected chi connectivity index (χ2v) is 17.8. The number of benzene rings is 10. The molecular formula is C64H39N7. The molecular weight excluding hydrogens is 867 g/mol. The maximum absolute atomic E-state index is 8.05. The largest absolute Gasteiger partial charge is 0.307 e. The van der Waals surface area contributed by atoms with Gasteiger partial charge in [0, 0.05) is 54.6 Å². The van der Waals surface area contributed by atoms with Crippen molar-refractivity contribution < 1.29 is 0 Å². The molecule has 71 heavy (non-hydrogen) atoms. The first-order chi connectivity index (χ1) is 35.2. The topological polar surface area (TPSA) is 57.8 Å². The fourth-order valence-electron chi connectivity index (χ4n) is 10.9. The number of rotatable bonds is 7. The zero-order valence-corrected chi connectivity index (χ0v) is 38.1. The maximum atomic E-state index is 8.05. The lowest BCUT2D eigenvalue weighted by molar-refractivity contribution is 1.04. The molecule has 10 aromatic carbocycles. The molecule has 0 aliphatic heterocycles. The second kappa shape index (κ2) is 16.1. The van der Waals surface area contributed by atoms with Crippen LogP contribution in [0.25, 0.3) is 133 Å². The maximum Gasteiger partial charge on any atom is 0.187 e. The van der Waals surface area contributed by atoms with Gasteiger partial charge in [-0.3, -0.25) is 0 Å². The average Bonchev–Trinajstić information content (AvgIpc) is 4.09. The summed E-state index contributed by atoms with van der Waals surface area (Å²) in [6.07, 6.45) is 0. The Morgan fingerprint density at radius 1 is 0.310 bits per heavy atom. The van der Waals surface area contributed by atoms with Crippen molar-refractivity contribution >= 4 is 71.1 Å². The van der Waals surface area contributed by atoms with Crippen molar-refractivity contribution in [1.82, 2.24) is 28.7 Å². The van der Waals surface area contributed by atoms with Crippen molar-refractivity contribution in [2.24, 2.45) is 0 Å². The molecule has 7 heteroatoms. The number of aromatic nitrogens is 6.